The Morgan fingerprint density at radius 1 is 1.19 bits per heavy atom. The molecule has 1 unspecified atom stereocenters. The first-order valence-corrected chi connectivity index (χ1v) is 9.35. The third kappa shape index (κ3) is 4.05. The number of carbonyl (C=O) groups excluding carboxylic acids is 2. The molecule has 27 heavy (non-hydrogen) atoms. The van der Waals surface area contributed by atoms with Gasteiger partial charge in [-0.2, -0.15) is 5.10 Å². The molecule has 0 radical (unpaired) electrons. The van der Waals surface area contributed by atoms with Crippen molar-refractivity contribution < 1.29 is 9.59 Å². The minimum atomic E-state index is -0.0711. The van der Waals surface area contributed by atoms with Gasteiger partial charge in [-0.25, -0.2) is 5.43 Å². The van der Waals surface area contributed by atoms with Crippen LogP contribution in [0, 0.1) is 5.92 Å². The Kier molecular flexibility index (Phi) is 4.96. The molecule has 0 fully saturated rings. The van der Waals surface area contributed by atoms with E-state index in [-0.39, 0.29) is 11.8 Å². The molecule has 2 aromatic rings. The topological polar surface area (TPSA) is 83.5 Å². The van der Waals surface area contributed by atoms with E-state index >= 15 is 0 Å². The van der Waals surface area contributed by atoms with Gasteiger partial charge in [0.05, 0.1) is 11.3 Å². The van der Waals surface area contributed by atoms with E-state index in [1.54, 1.807) is 24.5 Å². The monoisotopic (exact) mass is 362 g/mol. The van der Waals surface area contributed by atoms with Crippen molar-refractivity contribution in [1.29, 1.82) is 0 Å². The minimum Gasteiger partial charge on any atom is -0.352 e. The highest BCUT2D eigenvalue weighted by Crippen LogP contribution is 2.30. The van der Waals surface area contributed by atoms with Crippen LogP contribution < -0.4 is 10.7 Å². The quantitative estimate of drug-likeness (QED) is 0.856. The van der Waals surface area contributed by atoms with Gasteiger partial charge in [-0.1, -0.05) is 12.1 Å². The largest absolute Gasteiger partial charge is 0.352 e. The molecule has 0 saturated carbocycles. The van der Waals surface area contributed by atoms with Crippen molar-refractivity contribution in [2.75, 3.05) is 6.54 Å². The lowest BCUT2D eigenvalue weighted by molar-refractivity contribution is -0.121. The summed E-state index contributed by atoms with van der Waals surface area (Å²) < 4.78 is 0. The average molecular weight is 362 g/mol. The molecular weight excluding hydrogens is 340 g/mol. The van der Waals surface area contributed by atoms with Crippen LogP contribution in [0.25, 0.3) is 0 Å². The van der Waals surface area contributed by atoms with Crippen molar-refractivity contribution in [2.45, 2.75) is 32.1 Å². The van der Waals surface area contributed by atoms with E-state index in [4.69, 9.17) is 0 Å². The number of benzene rings is 1. The number of pyridine rings is 1. The smallest absolute Gasteiger partial charge is 0.252 e. The zero-order valence-corrected chi connectivity index (χ0v) is 15.1. The summed E-state index contributed by atoms with van der Waals surface area (Å²) in [5.74, 6) is 0.448. The molecule has 2 amide bonds. The van der Waals surface area contributed by atoms with E-state index in [9.17, 15) is 9.59 Å². The number of nitrogens with zero attached hydrogens (tertiary/aromatic N) is 2. The lowest BCUT2D eigenvalue weighted by Gasteiger charge is -2.13. The van der Waals surface area contributed by atoms with Crippen molar-refractivity contribution in [1.82, 2.24) is 15.7 Å². The normalized spacial score (nSPS) is 18.4. The average Bonchev–Trinajstić information content (AvgIpc) is 3.11. The molecule has 0 bridgehead atoms. The van der Waals surface area contributed by atoms with Gasteiger partial charge in [0.2, 0.25) is 5.91 Å². The van der Waals surface area contributed by atoms with Gasteiger partial charge < -0.3 is 5.32 Å². The lowest BCUT2D eigenvalue weighted by Crippen LogP contribution is -2.26. The number of fused-ring (bicyclic) bond motifs is 1. The van der Waals surface area contributed by atoms with Gasteiger partial charge in [0.1, 0.15) is 0 Å². The summed E-state index contributed by atoms with van der Waals surface area (Å²) in [6, 6.07) is 10.0. The molecule has 2 aliphatic rings. The van der Waals surface area contributed by atoms with E-state index in [2.05, 4.69) is 39.0 Å². The molecule has 0 spiro atoms. The first kappa shape index (κ1) is 17.4. The number of hydrogen-bond acceptors (Lipinski definition) is 4. The number of amides is 2. The number of carbonyl (C=O) groups is 2. The van der Waals surface area contributed by atoms with Crippen LogP contribution in [0.1, 0.15) is 46.3 Å². The maximum absolute atomic E-state index is 12.1. The molecule has 4 rings (SSSR count). The van der Waals surface area contributed by atoms with Crippen molar-refractivity contribution >= 4 is 17.5 Å². The van der Waals surface area contributed by atoms with Gasteiger partial charge in [0.25, 0.3) is 5.91 Å². The molecule has 138 valence electrons. The van der Waals surface area contributed by atoms with Gasteiger partial charge in [-0.15, -0.1) is 0 Å². The highest BCUT2D eigenvalue weighted by atomic mass is 16.2. The predicted molar refractivity (Wildman–Crippen MR) is 102 cm³/mol. The molecule has 1 aromatic heterocycles. The van der Waals surface area contributed by atoms with Crippen LogP contribution in [-0.4, -0.2) is 29.1 Å². The molecule has 1 aromatic carbocycles. The summed E-state index contributed by atoms with van der Waals surface area (Å²) in [6.07, 6.45) is 7.44. The minimum absolute atomic E-state index is 0.0201. The van der Waals surface area contributed by atoms with Crippen LogP contribution in [0.3, 0.4) is 0 Å². The van der Waals surface area contributed by atoms with Crippen LogP contribution in [0.5, 0.6) is 0 Å². The Balaban J connectivity index is 1.32. The van der Waals surface area contributed by atoms with Crippen LogP contribution in [0.2, 0.25) is 0 Å². The first-order chi connectivity index (χ1) is 13.2. The summed E-state index contributed by atoms with van der Waals surface area (Å²) in [5, 5.41) is 7.17. The molecule has 1 aliphatic carbocycles. The van der Waals surface area contributed by atoms with Gasteiger partial charge in [0.15, 0.2) is 0 Å². The van der Waals surface area contributed by atoms with Crippen LogP contribution in [-0.2, 0) is 17.6 Å². The highest BCUT2D eigenvalue weighted by molar-refractivity contribution is 6.04. The van der Waals surface area contributed by atoms with Gasteiger partial charge in [0, 0.05) is 31.8 Å². The van der Waals surface area contributed by atoms with Gasteiger partial charge >= 0.3 is 0 Å². The molecule has 6 nitrogen and oxygen atoms in total. The van der Waals surface area contributed by atoms with E-state index in [0.717, 1.165) is 30.5 Å². The van der Waals surface area contributed by atoms with Crippen LogP contribution in [0.4, 0.5) is 0 Å². The predicted octanol–water partition coefficient (Wildman–Crippen LogP) is 2.23. The Labute approximate surface area is 158 Å². The second-order valence-electron chi connectivity index (χ2n) is 7.14. The third-order valence-corrected chi connectivity index (χ3v) is 5.22. The standard InChI is InChI=1S/C21H22N4O2/c26-20-6-5-19(24-25-20)16-4-3-15-10-14(11-18(15)12-16)7-9-23-21(27)17-2-1-8-22-13-17/h1-4,8,12-14H,5-7,9-11H2,(H,23,27)(H,25,26). The molecule has 2 heterocycles. The Bertz CT molecular complexity index is 892. The fourth-order valence-corrected chi connectivity index (χ4v) is 3.76. The Morgan fingerprint density at radius 2 is 2.07 bits per heavy atom. The summed E-state index contributed by atoms with van der Waals surface area (Å²) in [6.45, 7) is 0.665. The second-order valence-corrected chi connectivity index (χ2v) is 7.14. The molecule has 1 atom stereocenters. The Hall–Kier alpha value is -3.02. The molecule has 6 heteroatoms. The second kappa shape index (κ2) is 7.70. The fourth-order valence-electron chi connectivity index (χ4n) is 3.76. The molecule has 2 N–H and O–H groups in total. The number of hydrogen-bond donors (Lipinski definition) is 2. The fraction of sp³-hybridized carbons (Fsp3) is 0.333. The number of rotatable bonds is 5. The van der Waals surface area contributed by atoms with E-state index in [1.807, 2.05) is 0 Å². The van der Waals surface area contributed by atoms with E-state index < -0.39 is 0 Å². The summed E-state index contributed by atoms with van der Waals surface area (Å²) >= 11 is 0. The van der Waals surface area contributed by atoms with Gasteiger partial charge in [-0.3, -0.25) is 14.6 Å². The maximum Gasteiger partial charge on any atom is 0.252 e. The van der Waals surface area contributed by atoms with E-state index in [1.165, 1.54) is 11.1 Å². The number of hydrazone groups is 1. The zero-order chi connectivity index (χ0) is 18.6. The summed E-state index contributed by atoms with van der Waals surface area (Å²) in [7, 11) is 0. The number of aromatic nitrogens is 1. The van der Waals surface area contributed by atoms with E-state index in [0.29, 0.717) is 30.9 Å². The maximum atomic E-state index is 12.1. The van der Waals surface area contributed by atoms with Crippen molar-refractivity contribution in [3.8, 4) is 0 Å². The molecule has 1 aliphatic heterocycles. The Morgan fingerprint density at radius 3 is 2.85 bits per heavy atom. The zero-order valence-electron chi connectivity index (χ0n) is 15.1. The van der Waals surface area contributed by atoms with Crippen molar-refractivity contribution in [3.05, 3.63) is 65.0 Å². The third-order valence-electron chi connectivity index (χ3n) is 5.22. The van der Waals surface area contributed by atoms with Crippen molar-refractivity contribution in [2.24, 2.45) is 11.0 Å². The molecule has 0 saturated heterocycles. The highest BCUT2D eigenvalue weighted by Gasteiger charge is 2.23. The van der Waals surface area contributed by atoms with Gasteiger partial charge in [-0.05, 0) is 60.1 Å². The SMILES string of the molecule is O=C1CCC(c2ccc3c(c2)CC(CCNC(=O)c2cccnc2)C3)=NN1. The van der Waals surface area contributed by atoms with Crippen molar-refractivity contribution in [3.63, 3.8) is 0 Å². The summed E-state index contributed by atoms with van der Waals surface area (Å²) in [4.78, 5) is 27.3. The number of nitrogens with one attached hydrogen (secondary N) is 2. The molecular formula is C21H22N4O2. The van der Waals surface area contributed by atoms with Crippen LogP contribution in [0.15, 0.2) is 47.8 Å². The first-order valence-electron chi connectivity index (χ1n) is 9.35. The van der Waals surface area contributed by atoms with Crippen LogP contribution >= 0.6 is 0 Å². The summed E-state index contributed by atoms with van der Waals surface area (Å²) in [5.41, 5.74) is 7.94. The lowest BCUT2D eigenvalue weighted by atomic mass is 10.00.